The van der Waals surface area contributed by atoms with Gasteiger partial charge in [0.25, 0.3) is 0 Å². The van der Waals surface area contributed by atoms with Crippen molar-refractivity contribution >= 4 is 15.7 Å². The molecule has 1 aliphatic rings. The van der Waals surface area contributed by atoms with E-state index in [1.165, 1.54) is 0 Å². The molecule has 1 aromatic carbocycles. The number of unbranched alkanes of at least 4 members (excludes halogenated alkanes) is 1. The highest BCUT2D eigenvalue weighted by molar-refractivity contribution is 7.89. The molecule has 0 radical (unpaired) electrons. The highest BCUT2D eigenvalue weighted by Crippen LogP contribution is 2.29. The summed E-state index contributed by atoms with van der Waals surface area (Å²) in [5.74, 6) is 0.624. The Kier molecular flexibility index (Phi) is 5.47. The van der Waals surface area contributed by atoms with Crippen LogP contribution in [0.5, 0.6) is 5.75 Å². The van der Waals surface area contributed by atoms with Crippen LogP contribution in [0.2, 0.25) is 0 Å². The molecule has 0 aliphatic heterocycles. The van der Waals surface area contributed by atoms with E-state index in [0.717, 1.165) is 25.7 Å². The van der Waals surface area contributed by atoms with Crippen molar-refractivity contribution < 1.29 is 13.2 Å². The van der Waals surface area contributed by atoms with Crippen molar-refractivity contribution in [3.8, 4) is 5.75 Å². The largest absolute Gasteiger partial charge is 0.492 e. The minimum absolute atomic E-state index is 0.0159. The Morgan fingerprint density at radius 1 is 1.38 bits per heavy atom. The second-order valence-corrected chi connectivity index (χ2v) is 7.47. The summed E-state index contributed by atoms with van der Waals surface area (Å²) < 4.78 is 32.0. The maximum atomic E-state index is 12.4. The smallest absolute Gasteiger partial charge is 0.217 e. The number of nitrogen functional groups attached to an aromatic ring is 1. The van der Waals surface area contributed by atoms with E-state index in [1.54, 1.807) is 28.6 Å². The van der Waals surface area contributed by atoms with Crippen LogP contribution in [0, 0.1) is 0 Å². The zero-order valence-electron chi connectivity index (χ0n) is 12.5. The summed E-state index contributed by atoms with van der Waals surface area (Å²) in [7, 11) is -3.23. The van der Waals surface area contributed by atoms with E-state index in [9.17, 15) is 8.42 Å². The second kappa shape index (κ2) is 7.13. The van der Waals surface area contributed by atoms with Crippen molar-refractivity contribution in [3.05, 3.63) is 24.3 Å². The van der Waals surface area contributed by atoms with Gasteiger partial charge in [0.1, 0.15) is 12.4 Å². The Bertz CT molecular complexity index is 556. The molecule has 0 saturated heterocycles. The third-order valence-electron chi connectivity index (χ3n) is 3.51. The van der Waals surface area contributed by atoms with Crippen LogP contribution in [0.1, 0.15) is 32.6 Å². The summed E-state index contributed by atoms with van der Waals surface area (Å²) in [6.07, 6.45) is 3.88. The van der Waals surface area contributed by atoms with Gasteiger partial charge in [0.05, 0.1) is 5.75 Å². The van der Waals surface area contributed by atoms with Gasteiger partial charge in [-0.1, -0.05) is 19.4 Å². The Hall–Kier alpha value is -1.27. The molecular weight excluding hydrogens is 288 g/mol. The maximum absolute atomic E-state index is 12.4. The van der Waals surface area contributed by atoms with Crippen molar-refractivity contribution in [2.24, 2.45) is 0 Å². The molecule has 0 aromatic heterocycles. The summed E-state index contributed by atoms with van der Waals surface area (Å²) in [5.41, 5.74) is 6.27. The summed E-state index contributed by atoms with van der Waals surface area (Å²) in [6, 6.07) is 7.25. The molecule has 0 bridgehead atoms. The molecule has 0 unspecified atom stereocenters. The highest BCUT2D eigenvalue weighted by Gasteiger charge is 2.36. The number of hydrogen-bond donors (Lipinski definition) is 1. The number of rotatable bonds is 9. The minimum Gasteiger partial charge on any atom is -0.492 e. The van der Waals surface area contributed by atoms with Crippen molar-refractivity contribution in [2.45, 2.75) is 38.6 Å². The fourth-order valence-electron chi connectivity index (χ4n) is 2.21. The summed E-state index contributed by atoms with van der Waals surface area (Å²) in [6.45, 7) is 2.85. The average Bonchev–Trinajstić information content (AvgIpc) is 3.23. The number of sulfonamides is 1. The van der Waals surface area contributed by atoms with Gasteiger partial charge in [-0.15, -0.1) is 0 Å². The lowest BCUT2D eigenvalue weighted by molar-refractivity contribution is 0.332. The molecule has 0 heterocycles. The molecule has 1 aliphatic carbocycles. The van der Waals surface area contributed by atoms with Gasteiger partial charge >= 0.3 is 0 Å². The summed E-state index contributed by atoms with van der Waals surface area (Å²) in [5, 5.41) is 0. The Balaban J connectivity index is 1.87. The number of nitrogens with zero attached hydrogens (tertiary/aromatic N) is 1. The second-order valence-electron chi connectivity index (χ2n) is 5.43. The van der Waals surface area contributed by atoms with E-state index in [4.69, 9.17) is 10.5 Å². The standard InChI is InChI=1S/C15H24N2O3S/c1-2-3-9-17(14-7-8-14)21(18,19)11-10-20-15-6-4-5-13(16)12-15/h4-6,12,14H,2-3,7-11,16H2,1H3. The fourth-order valence-corrected chi connectivity index (χ4v) is 3.81. The SMILES string of the molecule is CCCCN(C1CC1)S(=O)(=O)CCOc1cccc(N)c1. The van der Waals surface area contributed by atoms with Gasteiger partial charge in [0, 0.05) is 24.3 Å². The van der Waals surface area contributed by atoms with Crippen molar-refractivity contribution in [3.63, 3.8) is 0 Å². The van der Waals surface area contributed by atoms with E-state index in [0.29, 0.717) is 18.0 Å². The molecule has 0 spiro atoms. The van der Waals surface area contributed by atoms with E-state index < -0.39 is 10.0 Å². The van der Waals surface area contributed by atoms with Gasteiger partial charge in [-0.2, -0.15) is 4.31 Å². The first-order chi connectivity index (χ1) is 10.0. The lowest BCUT2D eigenvalue weighted by Gasteiger charge is -2.21. The van der Waals surface area contributed by atoms with E-state index >= 15 is 0 Å². The molecule has 0 amide bonds. The van der Waals surface area contributed by atoms with Gasteiger partial charge < -0.3 is 10.5 Å². The topological polar surface area (TPSA) is 72.6 Å². The van der Waals surface area contributed by atoms with Crippen LogP contribution in [0.25, 0.3) is 0 Å². The summed E-state index contributed by atoms with van der Waals surface area (Å²) >= 11 is 0. The quantitative estimate of drug-likeness (QED) is 0.710. The molecule has 1 saturated carbocycles. The first-order valence-corrected chi connectivity index (χ1v) is 9.11. The monoisotopic (exact) mass is 312 g/mol. The Labute approximate surface area is 127 Å². The number of benzene rings is 1. The lowest BCUT2D eigenvalue weighted by Crippen LogP contribution is -2.37. The number of nitrogens with two attached hydrogens (primary N) is 1. The molecule has 0 atom stereocenters. The third kappa shape index (κ3) is 4.89. The van der Waals surface area contributed by atoms with E-state index in [1.807, 2.05) is 0 Å². The van der Waals surface area contributed by atoms with Gasteiger partial charge in [-0.3, -0.25) is 0 Å². The zero-order valence-corrected chi connectivity index (χ0v) is 13.3. The molecule has 21 heavy (non-hydrogen) atoms. The van der Waals surface area contributed by atoms with Gasteiger partial charge in [0.2, 0.25) is 10.0 Å². The van der Waals surface area contributed by atoms with Gasteiger partial charge in [0.15, 0.2) is 0 Å². The lowest BCUT2D eigenvalue weighted by atomic mass is 10.3. The minimum atomic E-state index is -3.23. The maximum Gasteiger partial charge on any atom is 0.217 e. The molecule has 118 valence electrons. The molecule has 2 N–H and O–H groups in total. The zero-order chi connectivity index (χ0) is 15.3. The van der Waals surface area contributed by atoms with Crippen LogP contribution < -0.4 is 10.5 Å². The molecule has 1 aromatic rings. The normalized spacial score (nSPS) is 15.3. The van der Waals surface area contributed by atoms with Crippen LogP contribution in [0.4, 0.5) is 5.69 Å². The van der Waals surface area contributed by atoms with Gasteiger partial charge in [-0.05, 0) is 31.4 Å². The predicted octanol–water partition coefficient (Wildman–Crippen LogP) is 2.24. The van der Waals surface area contributed by atoms with E-state index in [2.05, 4.69) is 6.92 Å². The van der Waals surface area contributed by atoms with Crippen molar-refractivity contribution in [1.82, 2.24) is 4.31 Å². The number of anilines is 1. The molecule has 5 nitrogen and oxygen atoms in total. The Morgan fingerprint density at radius 3 is 2.76 bits per heavy atom. The Morgan fingerprint density at radius 2 is 2.14 bits per heavy atom. The summed E-state index contributed by atoms with van der Waals surface area (Å²) in [4.78, 5) is 0. The number of hydrogen-bond acceptors (Lipinski definition) is 4. The third-order valence-corrected chi connectivity index (χ3v) is 5.39. The first kappa shape index (κ1) is 16.1. The van der Waals surface area contributed by atoms with Crippen LogP contribution in [-0.2, 0) is 10.0 Å². The van der Waals surface area contributed by atoms with Crippen LogP contribution >= 0.6 is 0 Å². The fraction of sp³-hybridized carbons (Fsp3) is 0.600. The van der Waals surface area contributed by atoms with Crippen LogP contribution in [0.15, 0.2) is 24.3 Å². The highest BCUT2D eigenvalue weighted by atomic mass is 32.2. The first-order valence-electron chi connectivity index (χ1n) is 7.51. The van der Waals surface area contributed by atoms with Crippen molar-refractivity contribution in [1.29, 1.82) is 0 Å². The molecule has 6 heteroatoms. The molecule has 1 fully saturated rings. The van der Waals surface area contributed by atoms with Crippen LogP contribution in [-0.4, -0.2) is 37.7 Å². The number of ether oxygens (including phenoxy) is 1. The van der Waals surface area contributed by atoms with Gasteiger partial charge in [-0.25, -0.2) is 8.42 Å². The van der Waals surface area contributed by atoms with E-state index in [-0.39, 0.29) is 18.4 Å². The predicted molar refractivity (Wildman–Crippen MR) is 84.8 cm³/mol. The molecule has 2 rings (SSSR count). The van der Waals surface area contributed by atoms with Crippen molar-refractivity contribution in [2.75, 3.05) is 24.6 Å². The van der Waals surface area contributed by atoms with Crippen LogP contribution in [0.3, 0.4) is 0 Å². The average molecular weight is 312 g/mol. The molecular formula is C15H24N2O3S.